The molecular formula is C16H11Cl2N3O6. The second-order valence-corrected chi connectivity index (χ2v) is 6.02. The van der Waals surface area contributed by atoms with Crippen LogP contribution in [0.3, 0.4) is 0 Å². The van der Waals surface area contributed by atoms with Crippen molar-refractivity contribution in [3.63, 3.8) is 0 Å². The molecule has 0 bridgehead atoms. The van der Waals surface area contributed by atoms with Gasteiger partial charge in [-0.1, -0.05) is 23.2 Å². The van der Waals surface area contributed by atoms with Crippen LogP contribution in [-0.4, -0.2) is 30.4 Å². The largest absolute Gasteiger partial charge is 0.482 e. The first-order valence-electron chi connectivity index (χ1n) is 7.42. The van der Waals surface area contributed by atoms with Crippen LogP contribution in [-0.2, 0) is 4.79 Å². The van der Waals surface area contributed by atoms with Gasteiger partial charge in [-0.05, 0) is 18.2 Å². The topological polar surface area (TPSA) is 112 Å². The Morgan fingerprint density at radius 2 is 2.04 bits per heavy atom. The van der Waals surface area contributed by atoms with Crippen molar-refractivity contribution in [3.8, 4) is 17.2 Å². The van der Waals surface area contributed by atoms with Gasteiger partial charge in [-0.25, -0.2) is 5.43 Å². The van der Waals surface area contributed by atoms with Gasteiger partial charge in [0.1, 0.15) is 5.75 Å². The molecule has 27 heavy (non-hydrogen) atoms. The van der Waals surface area contributed by atoms with Gasteiger partial charge in [0, 0.05) is 11.1 Å². The lowest BCUT2D eigenvalue weighted by Crippen LogP contribution is -2.24. The third kappa shape index (κ3) is 4.57. The fourth-order valence-corrected chi connectivity index (χ4v) is 2.48. The number of ether oxygens (including phenoxy) is 3. The molecule has 0 aliphatic carbocycles. The summed E-state index contributed by atoms with van der Waals surface area (Å²) in [7, 11) is 0. The van der Waals surface area contributed by atoms with E-state index in [1.165, 1.54) is 24.3 Å². The van der Waals surface area contributed by atoms with Crippen LogP contribution in [0.25, 0.3) is 0 Å². The van der Waals surface area contributed by atoms with E-state index in [1.54, 1.807) is 6.07 Å². The average molecular weight is 412 g/mol. The molecule has 0 aromatic heterocycles. The maximum atomic E-state index is 11.8. The number of nitro groups is 1. The van der Waals surface area contributed by atoms with Crippen LogP contribution in [0.15, 0.2) is 35.4 Å². The number of nitro benzene ring substituents is 1. The average Bonchev–Trinajstić information content (AvgIpc) is 3.09. The number of carbonyl (C=O) groups excluding carboxylic acids is 1. The molecule has 0 spiro atoms. The van der Waals surface area contributed by atoms with Gasteiger partial charge >= 0.3 is 0 Å². The molecule has 0 unspecified atom stereocenters. The van der Waals surface area contributed by atoms with Crippen molar-refractivity contribution in [1.29, 1.82) is 0 Å². The van der Waals surface area contributed by atoms with Crippen LogP contribution in [0.4, 0.5) is 5.69 Å². The first-order chi connectivity index (χ1) is 12.9. The molecule has 3 rings (SSSR count). The summed E-state index contributed by atoms with van der Waals surface area (Å²) in [5.74, 6) is 0.280. The van der Waals surface area contributed by atoms with Crippen molar-refractivity contribution in [2.24, 2.45) is 5.10 Å². The van der Waals surface area contributed by atoms with Crippen molar-refractivity contribution in [3.05, 3.63) is 56.1 Å². The Labute approximate surface area is 162 Å². The van der Waals surface area contributed by atoms with Crippen molar-refractivity contribution < 1.29 is 23.9 Å². The molecule has 11 heteroatoms. The second kappa shape index (κ2) is 8.11. The lowest BCUT2D eigenvalue weighted by Gasteiger charge is -2.07. The van der Waals surface area contributed by atoms with Gasteiger partial charge in [0.2, 0.25) is 6.79 Å². The summed E-state index contributed by atoms with van der Waals surface area (Å²) in [5.41, 5.74) is 2.11. The predicted molar refractivity (Wildman–Crippen MR) is 96.9 cm³/mol. The van der Waals surface area contributed by atoms with Gasteiger partial charge < -0.3 is 14.2 Å². The highest BCUT2D eigenvalue weighted by Gasteiger charge is 2.22. The van der Waals surface area contributed by atoms with Crippen LogP contribution < -0.4 is 19.6 Å². The van der Waals surface area contributed by atoms with Gasteiger partial charge in [-0.3, -0.25) is 14.9 Å². The number of hydrazone groups is 1. The molecular weight excluding hydrogens is 401 g/mol. The number of fused-ring (bicyclic) bond motifs is 1. The highest BCUT2D eigenvalue weighted by Crippen LogP contribution is 2.37. The second-order valence-electron chi connectivity index (χ2n) is 5.18. The molecule has 1 aliphatic rings. The number of hydrogen-bond donors (Lipinski definition) is 1. The highest BCUT2D eigenvalue weighted by molar-refractivity contribution is 6.34. The van der Waals surface area contributed by atoms with Crippen LogP contribution in [0.1, 0.15) is 5.56 Å². The number of halogens is 2. The maximum Gasteiger partial charge on any atom is 0.282 e. The smallest absolute Gasteiger partial charge is 0.282 e. The number of nitrogens with one attached hydrogen (secondary N) is 1. The molecule has 0 saturated heterocycles. The molecule has 2 aromatic carbocycles. The van der Waals surface area contributed by atoms with E-state index >= 15 is 0 Å². The summed E-state index contributed by atoms with van der Waals surface area (Å²) < 4.78 is 15.5. The van der Waals surface area contributed by atoms with E-state index in [0.717, 1.165) is 6.21 Å². The summed E-state index contributed by atoms with van der Waals surface area (Å²) in [6.07, 6.45) is 1.13. The molecule has 1 heterocycles. The third-order valence-electron chi connectivity index (χ3n) is 3.36. The molecule has 0 radical (unpaired) electrons. The van der Waals surface area contributed by atoms with E-state index in [4.69, 9.17) is 37.4 Å². The Balaban J connectivity index is 1.62. The van der Waals surface area contributed by atoms with Gasteiger partial charge in [-0.15, -0.1) is 0 Å². The van der Waals surface area contributed by atoms with Crippen molar-refractivity contribution in [2.45, 2.75) is 0 Å². The molecule has 1 N–H and O–H groups in total. The molecule has 140 valence electrons. The van der Waals surface area contributed by atoms with Crippen LogP contribution in [0, 0.1) is 10.1 Å². The molecule has 1 aliphatic heterocycles. The van der Waals surface area contributed by atoms with Crippen LogP contribution in [0.2, 0.25) is 10.0 Å². The van der Waals surface area contributed by atoms with E-state index < -0.39 is 10.8 Å². The molecule has 2 aromatic rings. The third-order valence-corrected chi connectivity index (χ3v) is 3.91. The minimum Gasteiger partial charge on any atom is -0.482 e. The summed E-state index contributed by atoms with van der Waals surface area (Å²) >= 11 is 11.8. The van der Waals surface area contributed by atoms with E-state index in [2.05, 4.69) is 10.5 Å². The summed E-state index contributed by atoms with van der Waals surface area (Å²) in [5, 5.41) is 15.6. The fraction of sp³-hybridized carbons (Fsp3) is 0.125. The molecule has 9 nitrogen and oxygen atoms in total. The van der Waals surface area contributed by atoms with Gasteiger partial charge in [-0.2, -0.15) is 5.10 Å². The summed E-state index contributed by atoms with van der Waals surface area (Å²) in [6.45, 7) is -0.395. The highest BCUT2D eigenvalue weighted by atomic mass is 35.5. The monoisotopic (exact) mass is 411 g/mol. The Kier molecular flexibility index (Phi) is 5.63. The van der Waals surface area contributed by atoms with E-state index in [0.29, 0.717) is 15.8 Å². The minimum absolute atomic E-state index is 0.0206. The standard InChI is InChI=1S/C16H11Cl2N3O6/c17-10-1-2-11(18)13(4-10)25-7-16(22)20-19-6-9-3-14-15(27-8-26-14)5-12(9)21(23)24/h1-6H,7-8H2,(H,20,22). The zero-order valence-electron chi connectivity index (χ0n) is 13.5. The van der Waals surface area contributed by atoms with Crippen molar-refractivity contribution in [1.82, 2.24) is 5.43 Å². The summed E-state index contributed by atoms with van der Waals surface area (Å²) in [6, 6.07) is 7.22. The zero-order valence-corrected chi connectivity index (χ0v) is 15.0. The first-order valence-corrected chi connectivity index (χ1v) is 8.17. The van der Waals surface area contributed by atoms with Gasteiger partial charge in [0.15, 0.2) is 18.1 Å². The minimum atomic E-state index is -0.592. The molecule has 0 saturated carbocycles. The fourth-order valence-electron chi connectivity index (χ4n) is 2.15. The van der Waals surface area contributed by atoms with E-state index in [-0.39, 0.29) is 36.1 Å². The van der Waals surface area contributed by atoms with Crippen molar-refractivity contribution in [2.75, 3.05) is 13.4 Å². The lowest BCUT2D eigenvalue weighted by molar-refractivity contribution is -0.385. The number of nitrogens with zero attached hydrogens (tertiary/aromatic N) is 2. The van der Waals surface area contributed by atoms with E-state index in [9.17, 15) is 14.9 Å². The normalized spacial score (nSPS) is 12.2. The number of amides is 1. The van der Waals surface area contributed by atoms with Crippen molar-refractivity contribution >= 4 is 41.0 Å². The number of rotatable bonds is 6. The Morgan fingerprint density at radius 1 is 1.30 bits per heavy atom. The molecule has 0 atom stereocenters. The molecule has 1 amide bonds. The Bertz CT molecular complexity index is 935. The SMILES string of the molecule is O=C(COc1cc(Cl)ccc1Cl)NN=Cc1cc2c(cc1[N+](=O)[O-])OCO2. The summed E-state index contributed by atoms with van der Waals surface area (Å²) in [4.78, 5) is 22.4. The number of carbonyl (C=O) groups is 1. The maximum absolute atomic E-state index is 11.8. The first kappa shape index (κ1) is 18.7. The molecule has 0 fully saturated rings. The zero-order chi connectivity index (χ0) is 19.4. The van der Waals surface area contributed by atoms with Crippen LogP contribution in [0.5, 0.6) is 17.2 Å². The number of benzene rings is 2. The van der Waals surface area contributed by atoms with Gasteiger partial charge in [0.25, 0.3) is 11.6 Å². The van der Waals surface area contributed by atoms with E-state index in [1.807, 2.05) is 0 Å². The quantitative estimate of drug-likeness (QED) is 0.443. The van der Waals surface area contributed by atoms with Crippen LogP contribution >= 0.6 is 23.2 Å². The number of hydrogen-bond acceptors (Lipinski definition) is 7. The predicted octanol–water partition coefficient (Wildman–Crippen LogP) is 3.16. The van der Waals surface area contributed by atoms with Gasteiger partial charge in [0.05, 0.1) is 27.8 Å². The Morgan fingerprint density at radius 3 is 2.78 bits per heavy atom. The lowest BCUT2D eigenvalue weighted by atomic mass is 10.1. The Hall–Kier alpha value is -3.04.